The van der Waals surface area contributed by atoms with Crippen LogP contribution < -0.4 is 10.6 Å². The molecule has 0 fully saturated rings. The van der Waals surface area contributed by atoms with Crippen LogP contribution in [0.2, 0.25) is 0 Å². The highest BCUT2D eigenvalue weighted by molar-refractivity contribution is 7.85. The molecule has 0 unspecified atom stereocenters. The largest absolute Gasteiger partial charge is 0.323 e. The topological polar surface area (TPSA) is 108 Å². The molecule has 0 spiro atoms. The smallest absolute Gasteiger partial charge is 0.308 e. The number of hydrogen-bond acceptors (Lipinski definition) is 4. The molecule has 1 heterocycles. The molecule has 1 aromatic carbocycles. The van der Waals surface area contributed by atoms with Crippen molar-refractivity contribution in [3.05, 3.63) is 48.8 Å². The Morgan fingerprint density at radius 2 is 1.70 bits per heavy atom. The van der Waals surface area contributed by atoms with Crippen LogP contribution in [0.4, 0.5) is 16.2 Å². The molecule has 0 aliphatic rings. The Kier molecular flexibility index (Phi) is 3.97. The van der Waals surface area contributed by atoms with E-state index in [4.69, 9.17) is 4.55 Å². The third-order valence-corrected chi connectivity index (χ3v) is 3.20. The molecule has 0 saturated carbocycles. The maximum atomic E-state index is 11.6. The molecule has 3 N–H and O–H groups in total. The highest BCUT2D eigenvalue weighted by Crippen LogP contribution is 2.14. The first-order chi connectivity index (χ1) is 9.45. The monoisotopic (exact) mass is 293 g/mol. The van der Waals surface area contributed by atoms with Gasteiger partial charge in [-0.15, -0.1) is 0 Å². The molecule has 8 heteroatoms. The number of anilines is 2. The predicted molar refractivity (Wildman–Crippen MR) is 73.1 cm³/mol. The van der Waals surface area contributed by atoms with Gasteiger partial charge in [-0.05, 0) is 36.4 Å². The van der Waals surface area contributed by atoms with Gasteiger partial charge >= 0.3 is 6.03 Å². The Bertz CT molecular complexity index is 699. The van der Waals surface area contributed by atoms with Crippen molar-refractivity contribution in [3.63, 3.8) is 0 Å². The second kappa shape index (κ2) is 5.68. The fraction of sp³-hybridized carbons (Fsp3) is 0. The van der Waals surface area contributed by atoms with Crippen molar-refractivity contribution >= 4 is 27.5 Å². The van der Waals surface area contributed by atoms with Gasteiger partial charge in [-0.25, -0.2) is 4.79 Å². The first-order valence-corrected chi connectivity index (χ1v) is 6.95. The molecule has 20 heavy (non-hydrogen) atoms. The summed E-state index contributed by atoms with van der Waals surface area (Å²) >= 11 is 0. The summed E-state index contributed by atoms with van der Waals surface area (Å²) in [5.41, 5.74) is 0.915. The van der Waals surface area contributed by atoms with Crippen LogP contribution in [0.3, 0.4) is 0 Å². The second-order valence-electron chi connectivity index (χ2n) is 3.82. The van der Waals surface area contributed by atoms with E-state index < -0.39 is 16.1 Å². The average Bonchev–Trinajstić information content (AvgIpc) is 2.39. The van der Waals surface area contributed by atoms with Crippen LogP contribution in [0.25, 0.3) is 0 Å². The predicted octanol–water partition coefficient (Wildman–Crippen LogP) is 1.97. The van der Waals surface area contributed by atoms with E-state index in [2.05, 4.69) is 15.6 Å². The van der Waals surface area contributed by atoms with Crippen LogP contribution in [0, 0.1) is 0 Å². The lowest BCUT2D eigenvalue weighted by Gasteiger charge is -2.07. The van der Waals surface area contributed by atoms with Gasteiger partial charge in [-0.2, -0.15) is 8.42 Å². The number of benzene rings is 1. The molecule has 0 radical (unpaired) electrons. The Morgan fingerprint density at radius 1 is 1.05 bits per heavy atom. The summed E-state index contributed by atoms with van der Waals surface area (Å²) in [6.07, 6.45) is 3.07. The lowest BCUT2D eigenvalue weighted by Crippen LogP contribution is -2.19. The average molecular weight is 293 g/mol. The van der Waals surface area contributed by atoms with Crippen LogP contribution in [0.1, 0.15) is 0 Å². The standard InChI is InChI=1S/C12H11N3O4S/c16-12(15-10-2-1-7-13-8-10)14-9-3-5-11(6-4-9)20(17,18)19/h1-8H,(H2,14,15,16)(H,17,18,19). The van der Waals surface area contributed by atoms with Crippen molar-refractivity contribution in [1.82, 2.24) is 4.98 Å². The van der Waals surface area contributed by atoms with Crippen LogP contribution in [-0.2, 0) is 10.1 Å². The van der Waals surface area contributed by atoms with Crippen molar-refractivity contribution < 1.29 is 17.8 Å². The summed E-state index contributed by atoms with van der Waals surface area (Å²) in [4.78, 5) is 15.3. The van der Waals surface area contributed by atoms with Gasteiger partial charge < -0.3 is 10.6 Å². The molecular formula is C12H11N3O4S. The Balaban J connectivity index is 2.02. The first kappa shape index (κ1) is 14.0. The molecule has 2 aromatic rings. The first-order valence-electron chi connectivity index (χ1n) is 5.51. The van der Waals surface area contributed by atoms with E-state index in [-0.39, 0.29) is 4.90 Å². The molecule has 104 valence electrons. The van der Waals surface area contributed by atoms with E-state index in [1.54, 1.807) is 18.3 Å². The number of carbonyl (C=O) groups is 1. The highest BCUT2D eigenvalue weighted by atomic mass is 32.2. The van der Waals surface area contributed by atoms with Crippen LogP contribution in [0.15, 0.2) is 53.7 Å². The summed E-state index contributed by atoms with van der Waals surface area (Å²) in [5, 5.41) is 5.07. The Morgan fingerprint density at radius 3 is 2.25 bits per heavy atom. The minimum Gasteiger partial charge on any atom is -0.308 e. The summed E-state index contributed by atoms with van der Waals surface area (Å²) < 4.78 is 30.5. The zero-order chi connectivity index (χ0) is 14.6. The number of urea groups is 1. The number of carbonyl (C=O) groups excluding carboxylic acids is 1. The molecule has 7 nitrogen and oxygen atoms in total. The second-order valence-corrected chi connectivity index (χ2v) is 5.24. The van der Waals surface area contributed by atoms with Crippen molar-refractivity contribution in [1.29, 1.82) is 0 Å². The van der Waals surface area contributed by atoms with Crippen molar-refractivity contribution in [3.8, 4) is 0 Å². The summed E-state index contributed by atoms with van der Waals surface area (Å²) in [7, 11) is -4.23. The molecule has 0 saturated heterocycles. The highest BCUT2D eigenvalue weighted by Gasteiger charge is 2.09. The van der Waals surface area contributed by atoms with E-state index in [9.17, 15) is 13.2 Å². The Labute approximate surface area is 115 Å². The third-order valence-electron chi connectivity index (χ3n) is 2.33. The van der Waals surface area contributed by atoms with E-state index in [1.165, 1.54) is 30.5 Å². The van der Waals surface area contributed by atoms with E-state index in [1.807, 2.05) is 0 Å². The lowest BCUT2D eigenvalue weighted by atomic mass is 10.3. The summed E-state index contributed by atoms with van der Waals surface area (Å²) in [5.74, 6) is 0. The van der Waals surface area contributed by atoms with E-state index in [0.29, 0.717) is 11.4 Å². The molecular weight excluding hydrogens is 282 g/mol. The minimum atomic E-state index is -4.23. The molecule has 0 aliphatic heterocycles. The molecule has 0 atom stereocenters. The fourth-order valence-electron chi connectivity index (χ4n) is 1.44. The van der Waals surface area contributed by atoms with Gasteiger partial charge in [0.1, 0.15) is 0 Å². The number of nitrogens with one attached hydrogen (secondary N) is 2. The van der Waals surface area contributed by atoms with Crippen molar-refractivity contribution in [2.75, 3.05) is 10.6 Å². The maximum Gasteiger partial charge on any atom is 0.323 e. The maximum absolute atomic E-state index is 11.6. The normalized spacial score (nSPS) is 10.8. The van der Waals surface area contributed by atoms with Gasteiger partial charge in [0, 0.05) is 11.9 Å². The Hall–Kier alpha value is -2.45. The number of pyridine rings is 1. The number of amides is 2. The molecule has 2 amide bonds. The zero-order valence-electron chi connectivity index (χ0n) is 10.1. The van der Waals surface area contributed by atoms with Crippen LogP contribution in [0.5, 0.6) is 0 Å². The summed E-state index contributed by atoms with van der Waals surface area (Å²) in [6, 6.07) is 7.98. The van der Waals surface area contributed by atoms with Crippen molar-refractivity contribution in [2.45, 2.75) is 4.90 Å². The molecule has 1 aromatic heterocycles. The van der Waals surface area contributed by atoms with Gasteiger partial charge in [0.05, 0.1) is 16.8 Å². The SMILES string of the molecule is O=C(Nc1ccc(S(=O)(=O)O)cc1)Nc1cccnc1. The summed E-state index contributed by atoms with van der Waals surface area (Å²) in [6.45, 7) is 0. The lowest BCUT2D eigenvalue weighted by molar-refractivity contribution is 0.262. The number of aromatic nitrogens is 1. The third kappa shape index (κ3) is 3.77. The van der Waals surface area contributed by atoms with E-state index in [0.717, 1.165) is 0 Å². The number of rotatable bonds is 3. The van der Waals surface area contributed by atoms with Gasteiger partial charge in [0.15, 0.2) is 0 Å². The number of nitrogens with zero attached hydrogens (tertiary/aromatic N) is 1. The van der Waals surface area contributed by atoms with Crippen LogP contribution >= 0.6 is 0 Å². The quantitative estimate of drug-likeness (QED) is 0.750. The van der Waals surface area contributed by atoms with Crippen molar-refractivity contribution in [2.24, 2.45) is 0 Å². The number of hydrogen-bond donors (Lipinski definition) is 3. The van der Waals surface area contributed by atoms with E-state index >= 15 is 0 Å². The van der Waals surface area contributed by atoms with Crippen LogP contribution in [-0.4, -0.2) is 24.0 Å². The molecule has 0 aliphatic carbocycles. The van der Waals surface area contributed by atoms with Gasteiger partial charge in [0.2, 0.25) is 0 Å². The van der Waals surface area contributed by atoms with Gasteiger partial charge in [-0.1, -0.05) is 0 Å². The van der Waals surface area contributed by atoms with Gasteiger partial charge in [-0.3, -0.25) is 9.54 Å². The van der Waals surface area contributed by atoms with Gasteiger partial charge in [0.25, 0.3) is 10.1 Å². The fourth-order valence-corrected chi connectivity index (χ4v) is 1.92. The minimum absolute atomic E-state index is 0.240. The zero-order valence-corrected chi connectivity index (χ0v) is 11.0. The molecule has 0 bridgehead atoms. The molecule has 2 rings (SSSR count).